The van der Waals surface area contributed by atoms with Crippen LogP contribution in [-0.4, -0.2) is 46.9 Å². The van der Waals surface area contributed by atoms with Crippen LogP contribution in [0.3, 0.4) is 0 Å². The number of halogens is 1. The van der Waals surface area contributed by atoms with Crippen molar-refractivity contribution in [1.29, 1.82) is 0 Å². The minimum atomic E-state index is -0.502. The van der Waals surface area contributed by atoms with Crippen LogP contribution in [0.4, 0.5) is 21.6 Å². The fraction of sp³-hybridized carbons (Fsp3) is 0.375. The fourth-order valence-electron chi connectivity index (χ4n) is 6.93. The predicted molar refractivity (Wildman–Crippen MR) is 158 cm³/mol. The average Bonchev–Trinajstić information content (AvgIpc) is 3.02. The second-order valence-electron chi connectivity index (χ2n) is 11.6. The van der Waals surface area contributed by atoms with Gasteiger partial charge in [0.25, 0.3) is 5.56 Å². The zero-order chi connectivity index (χ0) is 27.9. The summed E-state index contributed by atoms with van der Waals surface area (Å²) in [7, 11) is 0. The van der Waals surface area contributed by atoms with Gasteiger partial charge in [-0.05, 0) is 67.5 Å². The number of H-pyrrole nitrogens is 1. The number of carbonyl (C=O) groups excluding carboxylic acids is 1. The number of fused-ring (bicyclic) bond motifs is 4. The first kappa shape index (κ1) is 25.8. The van der Waals surface area contributed by atoms with Crippen molar-refractivity contribution < 1.29 is 9.18 Å². The Kier molecular flexibility index (Phi) is 6.74. The predicted octanol–water partition coefficient (Wildman–Crippen LogP) is 5.29. The lowest BCUT2D eigenvalue weighted by molar-refractivity contribution is 0.0621. The van der Waals surface area contributed by atoms with Gasteiger partial charge in [-0.2, -0.15) is 0 Å². The van der Waals surface area contributed by atoms with Crippen LogP contribution in [-0.2, 0) is 0 Å². The number of carbonyl (C=O) groups is 1. The summed E-state index contributed by atoms with van der Waals surface area (Å²) >= 11 is 0. The molecule has 8 rings (SSSR count). The second kappa shape index (κ2) is 10.7. The van der Waals surface area contributed by atoms with Crippen molar-refractivity contribution in [3.05, 3.63) is 76.6 Å². The lowest BCUT2D eigenvalue weighted by Gasteiger charge is -2.41. The third-order valence-corrected chi connectivity index (χ3v) is 9.14. The van der Waals surface area contributed by atoms with Crippen LogP contribution in [0.15, 0.2) is 59.7 Å². The van der Waals surface area contributed by atoms with Crippen LogP contribution in [0.1, 0.15) is 42.5 Å². The molecular weight excluding hydrogens is 519 g/mol. The summed E-state index contributed by atoms with van der Waals surface area (Å²) in [5.74, 6) is 1.16. The Morgan fingerprint density at radius 3 is 2.56 bits per heavy atom. The Bertz CT molecular complexity index is 1660. The Morgan fingerprint density at radius 1 is 1.02 bits per heavy atom. The molecule has 0 amide bonds. The molecule has 3 aromatic heterocycles. The maximum absolute atomic E-state index is 15.6. The van der Waals surface area contributed by atoms with Gasteiger partial charge in [-0.3, -0.25) is 9.59 Å². The molecule has 0 radical (unpaired) electrons. The first-order chi connectivity index (χ1) is 20.0. The van der Waals surface area contributed by atoms with Crippen LogP contribution in [0.2, 0.25) is 0 Å². The van der Waals surface area contributed by atoms with Crippen LogP contribution in [0.5, 0.6) is 0 Å². The average molecular weight is 553 g/mol. The number of aromatic nitrogens is 3. The summed E-state index contributed by atoms with van der Waals surface area (Å²) in [5, 5.41) is 6.97. The number of piperazine rings is 1. The number of aromatic amines is 1. The molecule has 41 heavy (non-hydrogen) atoms. The number of nitrogens with zero attached hydrogens (tertiary/aromatic N) is 3. The van der Waals surface area contributed by atoms with Gasteiger partial charge in [0.1, 0.15) is 11.6 Å². The van der Waals surface area contributed by atoms with Crippen LogP contribution < -0.4 is 21.1 Å². The molecule has 0 spiro atoms. The van der Waals surface area contributed by atoms with E-state index in [9.17, 15) is 9.59 Å². The molecule has 8 nitrogen and oxygen atoms in total. The molecule has 1 saturated heterocycles. The zero-order valence-electron chi connectivity index (χ0n) is 22.8. The van der Waals surface area contributed by atoms with E-state index in [0.29, 0.717) is 45.5 Å². The zero-order valence-corrected chi connectivity index (χ0v) is 22.8. The summed E-state index contributed by atoms with van der Waals surface area (Å²) in [5.41, 5.74) is 2.72. The molecule has 1 aromatic carbocycles. The van der Waals surface area contributed by atoms with Crippen LogP contribution in [0.25, 0.3) is 22.2 Å². The van der Waals surface area contributed by atoms with Gasteiger partial charge in [0.05, 0.1) is 34.2 Å². The van der Waals surface area contributed by atoms with Gasteiger partial charge < -0.3 is 20.5 Å². The van der Waals surface area contributed by atoms with Crippen molar-refractivity contribution in [2.24, 2.45) is 17.8 Å². The maximum atomic E-state index is 15.6. The number of hydrogen-bond acceptors (Lipinski definition) is 7. The number of Topliss-reactive ketones (excluding diaryl/α,β-unsaturated/α-hetero) is 1. The molecule has 9 heteroatoms. The highest BCUT2D eigenvalue weighted by Gasteiger charge is 2.39. The molecule has 1 aliphatic heterocycles. The molecule has 3 N–H and O–H groups in total. The SMILES string of the molecule is O=C(c1ccc(-c2cc(Nc3ccc(N4CCNCC4)cn3)c3c(=O)[nH]ccc3n2)c(F)c1)C1CC2CCC1CC2. The van der Waals surface area contributed by atoms with Crippen molar-refractivity contribution in [3.63, 3.8) is 0 Å². The molecule has 1 atom stereocenters. The molecule has 4 aromatic rings. The van der Waals surface area contributed by atoms with Gasteiger partial charge in [0, 0.05) is 49.4 Å². The van der Waals surface area contributed by atoms with E-state index < -0.39 is 5.82 Å². The smallest absolute Gasteiger partial charge is 0.259 e. The number of pyridine rings is 3. The second-order valence-corrected chi connectivity index (χ2v) is 11.6. The monoisotopic (exact) mass is 552 g/mol. The van der Waals surface area contributed by atoms with Crippen molar-refractivity contribution in [2.75, 3.05) is 36.4 Å². The van der Waals surface area contributed by atoms with E-state index in [1.54, 1.807) is 24.3 Å². The summed E-state index contributed by atoms with van der Waals surface area (Å²) in [6.45, 7) is 3.70. The van der Waals surface area contributed by atoms with E-state index in [1.165, 1.54) is 25.1 Å². The lowest BCUT2D eigenvalue weighted by atomic mass is 9.63. The third kappa shape index (κ3) is 4.99. The van der Waals surface area contributed by atoms with Gasteiger partial charge in [-0.15, -0.1) is 0 Å². The molecule has 210 valence electrons. The normalized spacial score (nSPS) is 22.2. The van der Waals surface area contributed by atoms with Crippen LogP contribution in [0, 0.1) is 23.6 Å². The van der Waals surface area contributed by atoms with Crippen molar-refractivity contribution in [2.45, 2.75) is 32.1 Å². The lowest BCUT2D eigenvalue weighted by Crippen LogP contribution is -2.43. The highest BCUT2D eigenvalue weighted by atomic mass is 19.1. The van der Waals surface area contributed by atoms with Crippen molar-refractivity contribution in [3.8, 4) is 11.3 Å². The molecule has 1 unspecified atom stereocenters. The summed E-state index contributed by atoms with van der Waals surface area (Å²) < 4.78 is 15.6. The fourth-order valence-corrected chi connectivity index (χ4v) is 6.93. The first-order valence-electron chi connectivity index (χ1n) is 14.6. The Hall–Kier alpha value is -4.11. The van der Waals surface area contributed by atoms with E-state index >= 15 is 4.39 Å². The molecule has 4 fully saturated rings. The number of nitrogens with one attached hydrogen (secondary N) is 3. The van der Waals surface area contributed by atoms with Gasteiger partial charge >= 0.3 is 0 Å². The summed E-state index contributed by atoms with van der Waals surface area (Å²) in [6.07, 6.45) is 8.90. The number of anilines is 3. The molecular formula is C32H33FN6O2. The summed E-state index contributed by atoms with van der Waals surface area (Å²) in [6, 6.07) is 11.9. The Morgan fingerprint density at radius 2 is 1.85 bits per heavy atom. The quantitative estimate of drug-likeness (QED) is 0.280. The molecule has 3 aliphatic carbocycles. The third-order valence-electron chi connectivity index (χ3n) is 9.14. The maximum Gasteiger partial charge on any atom is 0.259 e. The van der Waals surface area contributed by atoms with Crippen LogP contribution >= 0.6 is 0 Å². The summed E-state index contributed by atoms with van der Waals surface area (Å²) in [4.78, 5) is 40.3. The number of hydrogen-bond donors (Lipinski definition) is 3. The van der Waals surface area contributed by atoms with E-state index in [0.717, 1.165) is 51.1 Å². The van der Waals surface area contributed by atoms with E-state index in [2.05, 4.69) is 30.5 Å². The minimum Gasteiger partial charge on any atom is -0.368 e. The van der Waals surface area contributed by atoms with E-state index in [4.69, 9.17) is 0 Å². The van der Waals surface area contributed by atoms with E-state index in [1.807, 2.05) is 18.3 Å². The molecule has 4 heterocycles. The van der Waals surface area contributed by atoms with Gasteiger partial charge in [0.2, 0.25) is 0 Å². The number of rotatable bonds is 6. The van der Waals surface area contributed by atoms with Gasteiger partial charge in [-0.25, -0.2) is 14.4 Å². The highest BCUT2D eigenvalue weighted by molar-refractivity contribution is 5.99. The standard InChI is InChI=1S/C32H33FN6O2/c33-25-16-21(31(40)24-15-19-1-3-20(24)4-2-19)5-7-23(25)27-17-28(30-26(37-27)9-10-35-32(30)41)38-29-8-6-22(18-36-29)39-13-11-34-12-14-39/h5-10,16-20,24,34H,1-4,11-15H2,(H,35,41)(H,36,37,38). The number of ketones is 1. The Balaban J connectivity index is 1.20. The molecule has 2 bridgehead atoms. The van der Waals surface area contributed by atoms with Crippen molar-refractivity contribution >= 4 is 33.9 Å². The highest BCUT2D eigenvalue weighted by Crippen LogP contribution is 2.46. The number of benzene rings is 1. The molecule has 3 saturated carbocycles. The van der Waals surface area contributed by atoms with Gasteiger partial charge in [-0.1, -0.05) is 18.9 Å². The largest absolute Gasteiger partial charge is 0.368 e. The minimum absolute atomic E-state index is 0.000426. The molecule has 4 aliphatic rings. The van der Waals surface area contributed by atoms with Crippen molar-refractivity contribution in [1.82, 2.24) is 20.3 Å². The van der Waals surface area contributed by atoms with Gasteiger partial charge in [0.15, 0.2) is 5.78 Å². The topological polar surface area (TPSA) is 103 Å². The first-order valence-corrected chi connectivity index (χ1v) is 14.6. The van der Waals surface area contributed by atoms with E-state index in [-0.39, 0.29) is 22.8 Å². The Labute approximate surface area is 237 Å².